The monoisotopic (exact) mass is 299 g/mol. The molecule has 0 aliphatic carbocycles. The number of halogens is 1. The van der Waals surface area contributed by atoms with Gasteiger partial charge in [-0.1, -0.05) is 36.4 Å². The van der Waals surface area contributed by atoms with Crippen LogP contribution >= 0.6 is 11.8 Å². The molecular formula is C16H10FNO2S. The second kappa shape index (κ2) is 5.54. The van der Waals surface area contributed by atoms with Crippen molar-refractivity contribution in [3.8, 4) is 0 Å². The highest BCUT2D eigenvalue weighted by atomic mass is 32.2. The van der Waals surface area contributed by atoms with Crippen molar-refractivity contribution in [2.45, 2.75) is 0 Å². The Morgan fingerprint density at radius 3 is 2.33 bits per heavy atom. The van der Waals surface area contributed by atoms with Gasteiger partial charge in [-0.2, -0.15) is 0 Å². The number of imide groups is 1. The number of hydrogen-bond donors (Lipinski definition) is 0. The Balaban J connectivity index is 1.96. The lowest BCUT2D eigenvalue weighted by molar-refractivity contribution is -0.113. The molecule has 2 amide bonds. The van der Waals surface area contributed by atoms with Gasteiger partial charge in [0, 0.05) is 5.56 Å². The van der Waals surface area contributed by atoms with Crippen molar-refractivity contribution >= 4 is 34.7 Å². The highest BCUT2D eigenvalue weighted by molar-refractivity contribution is 8.19. The summed E-state index contributed by atoms with van der Waals surface area (Å²) < 4.78 is 13.6. The minimum atomic E-state index is -0.431. The molecule has 0 unspecified atom stereocenters. The minimum absolute atomic E-state index is 0.217. The van der Waals surface area contributed by atoms with Crippen LogP contribution in [0.1, 0.15) is 5.56 Å². The minimum Gasteiger partial charge on any atom is -0.268 e. The maximum absolute atomic E-state index is 13.6. The van der Waals surface area contributed by atoms with Crippen LogP contribution in [0.4, 0.5) is 14.9 Å². The second-order valence-electron chi connectivity index (χ2n) is 4.37. The summed E-state index contributed by atoms with van der Waals surface area (Å²) in [7, 11) is 0. The van der Waals surface area contributed by atoms with Crippen LogP contribution in [0.2, 0.25) is 0 Å². The number of rotatable bonds is 2. The van der Waals surface area contributed by atoms with E-state index in [0.29, 0.717) is 5.69 Å². The molecule has 0 spiro atoms. The highest BCUT2D eigenvalue weighted by Crippen LogP contribution is 2.35. The van der Waals surface area contributed by atoms with Gasteiger partial charge in [-0.25, -0.2) is 9.29 Å². The Hall–Kier alpha value is -2.40. The Labute approximate surface area is 125 Å². The lowest BCUT2D eigenvalue weighted by Crippen LogP contribution is -2.27. The van der Waals surface area contributed by atoms with Crippen molar-refractivity contribution < 1.29 is 14.0 Å². The van der Waals surface area contributed by atoms with E-state index in [4.69, 9.17) is 0 Å². The van der Waals surface area contributed by atoms with Crippen molar-refractivity contribution in [1.29, 1.82) is 0 Å². The number of para-hydroxylation sites is 1. The first-order valence-electron chi connectivity index (χ1n) is 6.24. The molecule has 1 aliphatic heterocycles. The van der Waals surface area contributed by atoms with E-state index in [1.165, 1.54) is 12.1 Å². The number of amides is 2. The number of thioether (sulfide) groups is 1. The molecule has 0 radical (unpaired) electrons. The number of nitrogens with zero attached hydrogens (tertiary/aromatic N) is 1. The van der Waals surface area contributed by atoms with Gasteiger partial charge in [0.25, 0.3) is 11.1 Å². The van der Waals surface area contributed by atoms with Crippen LogP contribution in [-0.4, -0.2) is 11.1 Å². The van der Waals surface area contributed by atoms with Crippen molar-refractivity contribution in [2.24, 2.45) is 0 Å². The zero-order valence-electron chi connectivity index (χ0n) is 10.8. The molecule has 0 N–H and O–H groups in total. The van der Waals surface area contributed by atoms with Crippen molar-refractivity contribution in [3.05, 3.63) is 70.9 Å². The molecule has 0 aromatic heterocycles. The Morgan fingerprint density at radius 2 is 1.62 bits per heavy atom. The van der Waals surface area contributed by atoms with Gasteiger partial charge in [-0.3, -0.25) is 9.59 Å². The second-order valence-corrected chi connectivity index (χ2v) is 5.37. The summed E-state index contributed by atoms with van der Waals surface area (Å²) in [6.07, 6.45) is 1.41. The number of anilines is 1. The van der Waals surface area contributed by atoms with Crippen molar-refractivity contribution in [1.82, 2.24) is 0 Å². The third kappa shape index (κ3) is 2.60. The summed E-state index contributed by atoms with van der Waals surface area (Å²) in [5.74, 6) is -0.858. The van der Waals surface area contributed by atoms with E-state index >= 15 is 0 Å². The lowest BCUT2D eigenvalue weighted by atomic mass is 10.2. The highest BCUT2D eigenvalue weighted by Gasteiger charge is 2.36. The molecule has 1 heterocycles. The van der Waals surface area contributed by atoms with Gasteiger partial charge in [0.15, 0.2) is 0 Å². The number of benzene rings is 2. The average molecular weight is 299 g/mol. The van der Waals surface area contributed by atoms with Gasteiger partial charge in [0.2, 0.25) is 0 Å². The Bertz CT molecular complexity index is 743. The molecule has 0 saturated carbocycles. The molecule has 0 atom stereocenters. The predicted molar refractivity (Wildman–Crippen MR) is 81.3 cm³/mol. The molecule has 2 aromatic rings. The fourth-order valence-corrected chi connectivity index (χ4v) is 2.83. The first-order valence-corrected chi connectivity index (χ1v) is 7.06. The fourth-order valence-electron chi connectivity index (χ4n) is 2.00. The molecule has 5 heteroatoms. The fraction of sp³-hybridized carbons (Fsp3) is 0. The van der Waals surface area contributed by atoms with Gasteiger partial charge >= 0.3 is 0 Å². The van der Waals surface area contributed by atoms with E-state index in [0.717, 1.165) is 16.7 Å². The molecule has 2 aromatic carbocycles. The normalized spacial score (nSPS) is 16.8. The Kier molecular flexibility index (Phi) is 3.58. The molecule has 1 aliphatic rings. The largest absolute Gasteiger partial charge is 0.298 e. The van der Waals surface area contributed by atoms with Gasteiger partial charge < -0.3 is 0 Å². The summed E-state index contributed by atoms with van der Waals surface area (Å²) in [6.45, 7) is 0. The molecular weight excluding hydrogens is 289 g/mol. The number of carbonyl (C=O) groups excluding carboxylic acids is 2. The van der Waals surface area contributed by atoms with Crippen molar-refractivity contribution in [2.75, 3.05) is 4.90 Å². The molecule has 21 heavy (non-hydrogen) atoms. The third-order valence-electron chi connectivity index (χ3n) is 3.00. The molecule has 3 rings (SSSR count). The number of carbonyl (C=O) groups is 2. The van der Waals surface area contributed by atoms with Crippen LogP contribution < -0.4 is 4.90 Å². The van der Waals surface area contributed by atoms with Crippen LogP contribution in [0.25, 0.3) is 6.08 Å². The molecule has 3 nitrogen and oxygen atoms in total. The topological polar surface area (TPSA) is 37.4 Å². The first-order chi connectivity index (χ1) is 10.2. The summed E-state index contributed by atoms with van der Waals surface area (Å²) in [5, 5.41) is -0.381. The van der Waals surface area contributed by atoms with Crippen LogP contribution in [0.15, 0.2) is 59.5 Å². The summed E-state index contributed by atoms with van der Waals surface area (Å²) >= 11 is 0.812. The average Bonchev–Trinajstić information content (AvgIpc) is 2.77. The maximum atomic E-state index is 13.6. The summed E-state index contributed by atoms with van der Waals surface area (Å²) in [4.78, 5) is 25.6. The van der Waals surface area contributed by atoms with E-state index in [-0.39, 0.29) is 15.7 Å². The zero-order valence-corrected chi connectivity index (χ0v) is 11.6. The van der Waals surface area contributed by atoms with E-state index in [2.05, 4.69) is 0 Å². The van der Waals surface area contributed by atoms with Crippen molar-refractivity contribution in [3.63, 3.8) is 0 Å². The number of hydrogen-bond acceptors (Lipinski definition) is 3. The summed E-state index contributed by atoms with van der Waals surface area (Å²) in [6, 6.07) is 14.8. The SMILES string of the molecule is O=C1SC(=Cc2ccccc2F)C(=O)N1c1ccccc1. The van der Waals surface area contributed by atoms with Gasteiger partial charge in [0.1, 0.15) is 5.82 Å². The van der Waals surface area contributed by atoms with Gasteiger partial charge in [-0.05, 0) is 36.0 Å². The van der Waals surface area contributed by atoms with Crippen LogP contribution in [0.5, 0.6) is 0 Å². The van der Waals surface area contributed by atoms with E-state index in [1.54, 1.807) is 48.5 Å². The summed E-state index contributed by atoms with van der Waals surface area (Å²) in [5.41, 5.74) is 0.799. The third-order valence-corrected chi connectivity index (χ3v) is 3.87. The smallest absolute Gasteiger partial charge is 0.268 e. The Morgan fingerprint density at radius 1 is 0.952 bits per heavy atom. The molecule has 1 fully saturated rings. The molecule has 1 saturated heterocycles. The van der Waals surface area contributed by atoms with Crippen LogP contribution in [0, 0.1) is 5.82 Å². The van der Waals surface area contributed by atoms with Crippen LogP contribution in [-0.2, 0) is 4.79 Å². The van der Waals surface area contributed by atoms with E-state index in [1.807, 2.05) is 0 Å². The zero-order chi connectivity index (χ0) is 14.8. The maximum Gasteiger partial charge on any atom is 0.298 e. The molecule has 104 valence electrons. The van der Waals surface area contributed by atoms with E-state index in [9.17, 15) is 14.0 Å². The van der Waals surface area contributed by atoms with E-state index < -0.39 is 11.7 Å². The predicted octanol–water partition coefficient (Wildman–Crippen LogP) is 4.07. The quantitative estimate of drug-likeness (QED) is 0.785. The first kappa shape index (κ1) is 13.6. The van der Waals surface area contributed by atoms with Gasteiger partial charge in [-0.15, -0.1) is 0 Å². The molecule has 0 bridgehead atoms. The van der Waals surface area contributed by atoms with Gasteiger partial charge in [0.05, 0.1) is 10.6 Å². The standard InChI is InChI=1S/C16H10FNO2S/c17-13-9-5-4-6-11(13)10-14-15(19)18(16(20)21-14)12-7-2-1-3-8-12/h1-10H. The lowest BCUT2D eigenvalue weighted by Gasteiger charge is -2.11. The van der Waals surface area contributed by atoms with Crippen LogP contribution in [0.3, 0.4) is 0 Å².